The Morgan fingerprint density at radius 1 is 1.31 bits per heavy atom. The van der Waals surface area contributed by atoms with E-state index in [0.717, 1.165) is 10.9 Å². The molecule has 0 saturated heterocycles. The third-order valence-electron chi connectivity index (χ3n) is 1.57. The van der Waals surface area contributed by atoms with Crippen molar-refractivity contribution >= 4 is 23.8 Å². The van der Waals surface area contributed by atoms with Crippen LogP contribution in [0.2, 0.25) is 0 Å². The molecule has 1 N–H and O–H groups in total. The molecule has 9 heteroatoms. The molecule has 84 valence electrons. The van der Waals surface area contributed by atoms with Crippen molar-refractivity contribution in [1.29, 1.82) is 5.39 Å². The molecule has 4 nitrogen and oxygen atoms in total. The summed E-state index contributed by atoms with van der Waals surface area (Å²) in [6, 6.07) is 5.39. The van der Waals surface area contributed by atoms with E-state index in [1.807, 2.05) is 6.07 Å². The van der Waals surface area contributed by atoms with Gasteiger partial charge in [-0.05, 0) is 6.07 Å². The summed E-state index contributed by atoms with van der Waals surface area (Å²) in [5, 5.41) is 16.0. The highest BCUT2D eigenvalue weighted by atomic mass is 19.5. The number of H-pyrrole nitrogens is 1. The van der Waals surface area contributed by atoms with E-state index >= 15 is 0 Å². The Balaban J connectivity index is 0.000000373. The summed E-state index contributed by atoms with van der Waals surface area (Å²) in [5.74, 6) is 0. The van der Waals surface area contributed by atoms with Crippen LogP contribution in [0.25, 0.3) is 15.9 Å². The summed E-state index contributed by atoms with van der Waals surface area (Å²) >= 11 is 0. The van der Waals surface area contributed by atoms with Crippen LogP contribution in [0, 0.1) is 5.39 Å². The van der Waals surface area contributed by atoms with Crippen molar-refractivity contribution in [3.05, 3.63) is 29.4 Å². The first-order chi connectivity index (χ1) is 7.42. The Morgan fingerprint density at radius 3 is 2.50 bits per heavy atom. The van der Waals surface area contributed by atoms with Crippen LogP contribution in [0.5, 0.6) is 0 Å². The van der Waals surface area contributed by atoms with Crippen molar-refractivity contribution in [3.8, 4) is 0 Å². The van der Waals surface area contributed by atoms with Crippen LogP contribution in [0.4, 0.5) is 23.0 Å². The highest BCUT2D eigenvalue weighted by molar-refractivity contribution is 6.50. The molecule has 0 amide bonds. The fourth-order valence-corrected chi connectivity index (χ4v) is 1.04. The Kier molecular flexibility index (Phi) is 3.45. The minimum absolute atomic E-state index is 0. The number of nitrogens with one attached hydrogen (secondary N) is 1. The molecule has 0 aliphatic carbocycles. The lowest BCUT2D eigenvalue weighted by Gasteiger charge is -1.94. The zero-order chi connectivity index (χ0) is 12.2. The number of fused-ring (bicyclic) bond motifs is 1. The van der Waals surface area contributed by atoms with Gasteiger partial charge in [-0.3, -0.25) is 5.10 Å². The van der Waals surface area contributed by atoms with Crippen LogP contribution >= 0.6 is 0 Å². The predicted octanol–water partition coefficient (Wildman–Crippen LogP) is 3.46. The molecule has 1 heterocycles. The molecule has 0 atom stereocenters. The fourth-order valence-electron chi connectivity index (χ4n) is 1.04. The van der Waals surface area contributed by atoms with Crippen molar-refractivity contribution in [2.75, 3.05) is 0 Å². The first kappa shape index (κ1) is 12.0. The normalized spacial score (nSPS) is 10.4. The summed E-state index contributed by atoms with van der Waals surface area (Å²) in [5.41, 5.74) is 1.41. The van der Waals surface area contributed by atoms with E-state index in [9.17, 15) is 17.3 Å². The van der Waals surface area contributed by atoms with E-state index in [1.165, 1.54) is 0 Å². The number of diazo groups is 1. The van der Waals surface area contributed by atoms with Crippen LogP contribution in [-0.2, 0) is 0 Å². The lowest BCUT2D eigenvalue weighted by molar-refractivity contribution is 0.368. The van der Waals surface area contributed by atoms with Gasteiger partial charge in [0.2, 0.25) is 5.39 Å². The van der Waals surface area contributed by atoms with Crippen LogP contribution in [0.1, 0.15) is 1.43 Å². The Bertz CT molecular complexity index is 514. The molecule has 2 rings (SSSR count). The number of aromatic nitrogens is 2. The quantitative estimate of drug-likeness (QED) is 0.430. The fraction of sp³-hybridized carbons (Fsp3) is 0. The molecule has 1 aromatic heterocycles. The molecule has 0 fully saturated rings. The van der Waals surface area contributed by atoms with Gasteiger partial charge in [0.15, 0.2) is 4.98 Å². The van der Waals surface area contributed by atoms with Crippen molar-refractivity contribution in [1.82, 2.24) is 10.2 Å². The van der Waals surface area contributed by atoms with Crippen molar-refractivity contribution in [2.45, 2.75) is 0 Å². The zero-order valence-electron chi connectivity index (χ0n) is 8.74. The largest absolute Gasteiger partial charge is 1.00 e. The molecule has 0 bridgehead atoms. The molecule has 0 unspecified atom stereocenters. The van der Waals surface area contributed by atoms with Gasteiger partial charge in [-0.2, -0.15) is 5.10 Å². The number of nitrogens with zero attached hydrogens (tertiary/aromatic N) is 3. The predicted molar refractivity (Wildman–Crippen MR) is 52.1 cm³/mol. The minimum atomic E-state index is -6.00. The second-order valence-electron chi connectivity index (χ2n) is 2.70. The standard InChI is InChI=1S/C7H5N4.BF4/c8-10-6-2-1-3-7-5(6)4-9-11-7;2-1(3,4)5/h1-4H,(H,9,11);/q+1;-1/p+1. The monoisotopic (exact) mass is 233 g/mol. The maximum atomic E-state index is 9.75. The molecule has 0 aliphatic heterocycles. The molecular formula is C7H6BF4N4+. The minimum Gasteiger partial charge on any atom is -0.418 e. The lowest BCUT2D eigenvalue weighted by atomic mass is 10.2. The van der Waals surface area contributed by atoms with Crippen LogP contribution in [0.15, 0.2) is 24.4 Å². The van der Waals surface area contributed by atoms with Gasteiger partial charge in [0.25, 0.3) is 0 Å². The highest BCUT2D eigenvalue weighted by Crippen LogP contribution is 2.23. The summed E-state index contributed by atoms with van der Waals surface area (Å²) in [6.07, 6.45) is 1.63. The SMILES string of the molecule is F[B-](F)(F)F.N#[N+]c1cccc2[nH]ncc12.[H+]. The van der Waals surface area contributed by atoms with Gasteiger partial charge in [0, 0.05) is 6.07 Å². The van der Waals surface area contributed by atoms with Crippen LogP contribution < -0.4 is 0 Å². The molecular weight excluding hydrogens is 227 g/mol. The van der Waals surface area contributed by atoms with Crippen molar-refractivity contribution in [2.24, 2.45) is 0 Å². The van der Waals surface area contributed by atoms with Gasteiger partial charge in [-0.1, -0.05) is 6.07 Å². The van der Waals surface area contributed by atoms with E-state index in [2.05, 4.69) is 15.2 Å². The van der Waals surface area contributed by atoms with Gasteiger partial charge < -0.3 is 17.3 Å². The first-order valence-corrected chi connectivity index (χ1v) is 4.06. The molecule has 1 aromatic carbocycles. The number of benzene rings is 1. The molecule has 0 saturated carbocycles. The van der Waals surface area contributed by atoms with Crippen LogP contribution in [-0.4, -0.2) is 17.5 Å². The Labute approximate surface area is 88.5 Å². The summed E-state index contributed by atoms with van der Waals surface area (Å²) in [6.45, 7) is 0. The van der Waals surface area contributed by atoms with E-state index in [4.69, 9.17) is 5.39 Å². The second-order valence-corrected chi connectivity index (χ2v) is 2.70. The number of aromatic amines is 1. The van der Waals surface area contributed by atoms with E-state index in [-0.39, 0.29) is 1.43 Å². The van der Waals surface area contributed by atoms with Crippen molar-refractivity contribution < 1.29 is 18.7 Å². The van der Waals surface area contributed by atoms with E-state index in [0.29, 0.717) is 5.69 Å². The smallest absolute Gasteiger partial charge is 0.418 e. The summed E-state index contributed by atoms with van der Waals surface area (Å²) in [4.78, 5) is 3.11. The van der Waals surface area contributed by atoms with Gasteiger partial charge in [-0.25, -0.2) is 0 Å². The number of rotatable bonds is 0. The third-order valence-corrected chi connectivity index (χ3v) is 1.57. The number of halogens is 4. The lowest BCUT2D eigenvalue weighted by Crippen LogP contribution is -2.02. The molecule has 0 aliphatic rings. The van der Waals surface area contributed by atoms with Crippen molar-refractivity contribution in [3.63, 3.8) is 0 Å². The van der Waals surface area contributed by atoms with E-state index < -0.39 is 7.25 Å². The van der Waals surface area contributed by atoms with Gasteiger partial charge in [-0.15, -0.1) is 0 Å². The molecule has 0 radical (unpaired) electrons. The first-order valence-electron chi connectivity index (χ1n) is 4.06. The molecule has 0 spiro atoms. The maximum Gasteiger partial charge on any atom is 1.00 e. The number of hydrogen-bond acceptors (Lipinski definition) is 2. The highest BCUT2D eigenvalue weighted by Gasteiger charge is 2.20. The third kappa shape index (κ3) is 3.57. The van der Waals surface area contributed by atoms with Crippen LogP contribution in [0.3, 0.4) is 0 Å². The summed E-state index contributed by atoms with van der Waals surface area (Å²) in [7, 11) is -6.00. The molecule has 2 aromatic rings. The van der Waals surface area contributed by atoms with Gasteiger partial charge in [0.05, 0.1) is 11.7 Å². The second kappa shape index (κ2) is 4.61. The Hall–Kier alpha value is -2.11. The average Bonchev–Trinajstić information content (AvgIpc) is 2.62. The zero-order valence-corrected chi connectivity index (χ0v) is 7.74. The van der Waals surface area contributed by atoms with Gasteiger partial charge in [0.1, 0.15) is 5.39 Å². The summed E-state index contributed by atoms with van der Waals surface area (Å²) < 4.78 is 39.0. The Morgan fingerprint density at radius 2 is 1.94 bits per heavy atom. The maximum absolute atomic E-state index is 9.75. The molecule has 16 heavy (non-hydrogen) atoms. The topological polar surface area (TPSA) is 56.8 Å². The number of hydrogen-bond donors (Lipinski definition) is 1. The van der Waals surface area contributed by atoms with Gasteiger partial charge >= 0.3 is 14.4 Å². The van der Waals surface area contributed by atoms with E-state index in [1.54, 1.807) is 18.3 Å². The average molecular weight is 233 g/mol.